The van der Waals surface area contributed by atoms with E-state index in [1.807, 2.05) is 25.1 Å². The van der Waals surface area contributed by atoms with Crippen molar-refractivity contribution in [2.75, 3.05) is 32.0 Å². The summed E-state index contributed by atoms with van der Waals surface area (Å²) in [7, 11) is 4.72. The first-order chi connectivity index (χ1) is 14.0. The fourth-order valence-corrected chi connectivity index (χ4v) is 2.77. The van der Waals surface area contributed by atoms with E-state index >= 15 is 0 Å². The van der Waals surface area contributed by atoms with Gasteiger partial charge in [-0.3, -0.25) is 4.79 Å². The topological polar surface area (TPSA) is 81.7 Å². The number of carbonyl (C=O) groups is 1. The molecule has 29 heavy (non-hydrogen) atoms. The van der Waals surface area contributed by atoms with Crippen LogP contribution in [0.2, 0.25) is 0 Å². The lowest BCUT2D eigenvalue weighted by molar-refractivity contribution is 0.102. The highest BCUT2D eigenvalue weighted by Gasteiger charge is 2.12. The lowest BCUT2D eigenvalue weighted by Crippen LogP contribution is -2.14. The Bertz CT molecular complexity index is 1000. The Morgan fingerprint density at radius 1 is 0.862 bits per heavy atom. The highest BCUT2D eigenvalue weighted by atomic mass is 16.5. The van der Waals surface area contributed by atoms with E-state index in [0.29, 0.717) is 17.2 Å². The minimum absolute atomic E-state index is 0.282. The quantitative estimate of drug-likeness (QED) is 0.619. The predicted octanol–water partition coefficient (Wildman–Crippen LogP) is 4.41. The summed E-state index contributed by atoms with van der Waals surface area (Å²) in [6.07, 6.45) is 1.60. The van der Waals surface area contributed by atoms with Crippen molar-refractivity contribution in [3.8, 4) is 17.2 Å². The minimum atomic E-state index is -0.340. The average molecular weight is 393 g/mol. The van der Waals surface area contributed by atoms with Gasteiger partial charge in [-0.25, -0.2) is 4.98 Å². The molecule has 2 aromatic carbocycles. The molecule has 0 saturated carbocycles. The Hall–Kier alpha value is -3.74. The zero-order chi connectivity index (χ0) is 20.8. The van der Waals surface area contributed by atoms with Crippen LogP contribution in [0, 0.1) is 6.92 Å². The number of carbonyl (C=O) groups excluding carboxylic acids is 1. The zero-order valence-corrected chi connectivity index (χ0v) is 16.8. The van der Waals surface area contributed by atoms with Crippen molar-refractivity contribution in [2.45, 2.75) is 6.92 Å². The fourth-order valence-electron chi connectivity index (χ4n) is 2.77. The van der Waals surface area contributed by atoms with Gasteiger partial charge in [0, 0.05) is 6.07 Å². The number of hydrogen-bond donors (Lipinski definition) is 2. The summed E-state index contributed by atoms with van der Waals surface area (Å²) < 4.78 is 15.8. The van der Waals surface area contributed by atoms with Gasteiger partial charge in [0.15, 0.2) is 0 Å². The number of nitrogens with one attached hydrogen (secondary N) is 2. The van der Waals surface area contributed by atoms with Crippen molar-refractivity contribution >= 4 is 23.0 Å². The molecule has 3 rings (SSSR count). The third-order valence-corrected chi connectivity index (χ3v) is 4.29. The maximum atomic E-state index is 12.6. The molecule has 0 spiro atoms. The van der Waals surface area contributed by atoms with E-state index in [-0.39, 0.29) is 11.6 Å². The second kappa shape index (κ2) is 8.97. The molecule has 0 aliphatic heterocycles. The van der Waals surface area contributed by atoms with Crippen LogP contribution in [0.25, 0.3) is 0 Å². The second-order valence-electron chi connectivity index (χ2n) is 6.28. The lowest BCUT2D eigenvalue weighted by atomic mass is 10.2. The molecular formula is C22H23N3O4. The lowest BCUT2D eigenvalue weighted by Gasteiger charge is -2.13. The summed E-state index contributed by atoms with van der Waals surface area (Å²) in [4.78, 5) is 16.8. The number of benzene rings is 2. The molecule has 7 nitrogen and oxygen atoms in total. The molecule has 150 valence electrons. The molecule has 1 heterocycles. The van der Waals surface area contributed by atoms with E-state index in [1.165, 1.54) is 7.11 Å². The van der Waals surface area contributed by atoms with Gasteiger partial charge in [-0.1, -0.05) is 6.07 Å². The standard InChI is InChI=1S/C22H23N3O4/c1-14-5-10-20(28-3)19(11-14)24-15-6-8-18(23-13-15)22(26)25-17-9-7-16(27-2)12-21(17)29-4/h5-13,24H,1-4H3,(H,25,26). The van der Waals surface area contributed by atoms with E-state index in [0.717, 1.165) is 22.7 Å². The number of aromatic nitrogens is 1. The van der Waals surface area contributed by atoms with Crippen molar-refractivity contribution in [1.82, 2.24) is 4.98 Å². The van der Waals surface area contributed by atoms with Gasteiger partial charge < -0.3 is 24.8 Å². The molecular weight excluding hydrogens is 370 g/mol. The first kappa shape index (κ1) is 20.0. The zero-order valence-electron chi connectivity index (χ0n) is 16.8. The molecule has 0 bridgehead atoms. The molecule has 1 aromatic heterocycles. The average Bonchev–Trinajstić information content (AvgIpc) is 2.74. The van der Waals surface area contributed by atoms with Crippen molar-refractivity contribution in [2.24, 2.45) is 0 Å². The van der Waals surface area contributed by atoms with Crippen molar-refractivity contribution in [3.63, 3.8) is 0 Å². The van der Waals surface area contributed by atoms with Crippen LogP contribution >= 0.6 is 0 Å². The maximum absolute atomic E-state index is 12.6. The summed E-state index contributed by atoms with van der Waals surface area (Å²) in [5.41, 5.74) is 3.49. The molecule has 3 aromatic rings. The molecule has 0 fully saturated rings. The first-order valence-electron chi connectivity index (χ1n) is 8.95. The summed E-state index contributed by atoms with van der Waals surface area (Å²) in [6, 6.07) is 14.5. The van der Waals surface area contributed by atoms with E-state index in [4.69, 9.17) is 14.2 Å². The maximum Gasteiger partial charge on any atom is 0.274 e. The first-order valence-corrected chi connectivity index (χ1v) is 8.95. The molecule has 0 saturated heterocycles. The van der Waals surface area contributed by atoms with Crippen LogP contribution in [0.4, 0.5) is 17.1 Å². The molecule has 2 N–H and O–H groups in total. The number of anilines is 3. The van der Waals surface area contributed by atoms with Gasteiger partial charge in [0.1, 0.15) is 22.9 Å². The van der Waals surface area contributed by atoms with Crippen LogP contribution in [0.15, 0.2) is 54.7 Å². The molecule has 0 radical (unpaired) electrons. The van der Waals surface area contributed by atoms with Gasteiger partial charge in [-0.15, -0.1) is 0 Å². The van der Waals surface area contributed by atoms with Crippen LogP contribution in [0.1, 0.15) is 16.1 Å². The van der Waals surface area contributed by atoms with E-state index in [9.17, 15) is 4.79 Å². The minimum Gasteiger partial charge on any atom is -0.497 e. The van der Waals surface area contributed by atoms with Gasteiger partial charge in [0.2, 0.25) is 0 Å². The number of hydrogen-bond acceptors (Lipinski definition) is 6. The largest absolute Gasteiger partial charge is 0.497 e. The number of methoxy groups -OCH3 is 3. The fraction of sp³-hybridized carbons (Fsp3) is 0.182. The molecule has 0 aliphatic carbocycles. The van der Waals surface area contributed by atoms with Crippen molar-refractivity contribution < 1.29 is 19.0 Å². The van der Waals surface area contributed by atoms with Crippen LogP contribution in [-0.4, -0.2) is 32.2 Å². The number of aryl methyl sites for hydroxylation is 1. The Morgan fingerprint density at radius 2 is 1.66 bits per heavy atom. The normalized spacial score (nSPS) is 10.2. The predicted molar refractivity (Wildman–Crippen MR) is 113 cm³/mol. The van der Waals surface area contributed by atoms with Crippen LogP contribution < -0.4 is 24.8 Å². The van der Waals surface area contributed by atoms with E-state index in [1.54, 1.807) is 50.7 Å². The molecule has 7 heteroatoms. The van der Waals surface area contributed by atoms with Gasteiger partial charge in [0.25, 0.3) is 5.91 Å². The van der Waals surface area contributed by atoms with Crippen molar-refractivity contribution in [1.29, 1.82) is 0 Å². The third kappa shape index (κ3) is 4.76. The molecule has 0 unspecified atom stereocenters. The van der Waals surface area contributed by atoms with Gasteiger partial charge in [-0.2, -0.15) is 0 Å². The Kier molecular flexibility index (Phi) is 6.19. The molecule has 0 aliphatic rings. The van der Waals surface area contributed by atoms with Crippen LogP contribution in [0.3, 0.4) is 0 Å². The summed E-state index contributed by atoms with van der Waals surface area (Å²) in [5, 5.41) is 6.06. The molecule has 0 atom stereocenters. The summed E-state index contributed by atoms with van der Waals surface area (Å²) in [5.74, 6) is 1.53. The smallest absolute Gasteiger partial charge is 0.274 e. The number of ether oxygens (including phenoxy) is 3. The Balaban J connectivity index is 1.73. The number of amides is 1. The summed E-state index contributed by atoms with van der Waals surface area (Å²) in [6.45, 7) is 2.00. The Morgan fingerprint density at radius 3 is 2.31 bits per heavy atom. The second-order valence-corrected chi connectivity index (χ2v) is 6.28. The monoisotopic (exact) mass is 393 g/mol. The molecule has 1 amide bonds. The number of nitrogens with zero attached hydrogens (tertiary/aromatic N) is 1. The summed E-state index contributed by atoms with van der Waals surface area (Å²) >= 11 is 0. The SMILES string of the molecule is COc1ccc(NC(=O)c2ccc(Nc3cc(C)ccc3OC)cn2)c(OC)c1. The van der Waals surface area contributed by atoms with E-state index < -0.39 is 0 Å². The Labute approximate surface area is 169 Å². The number of rotatable bonds is 7. The highest BCUT2D eigenvalue weighted by Crippen LogP contribution is 2.30. The number of pyridine rings is 1. The van der Waals surface area contributed by atoms with Crippen LogP contribution in [0.5, 0.6) is 17.2 Å². The van der Waals surface area contributed by atoms with Gasteiger partial charge >= 0.3 is 0 Å². The van der Waals surface area contributed by atoms with Crippen molar-refractivity contribution in [3.05, 3.63) is 66.0 Å². The van der Waals surface area contributed by atoms with Gasteiger partial charge in [-0.05, 0) is 48.9 Å². The van der Waals surface area contributed by atoms with Gasteiger partial charge in [0.05, 0.1) is 44.6 Å². The van der Waals surface area contributed by atoms with E-state index in [2.05, 4.69) is 15.6 Å². The highest BCUT2D eigenvalue weighted by molar-refractivity contribution is 6.03. The third-order valence-electron chi connectivity index (χ3n) is 4.29. The van der Waals surface area contributed by atoms with Crippen LogP contribution in [-0.2, 0) is 0 Å².